The summed E-state index contributed by atoms with van der Waals surface area (Å²) in [6.45, 7) is 0.718. The maximum Gasteiger partial charge on any atom is 0.256 e. The Morgan fingerprint density at radius 2 is 1.86 bits per heavy atom. The number of likely N-dealkylation sites (N-methyl/N-ethyl adjacent to an activating group) is 1. The van der Waals surface area contributed by atoms with E-state index in [-0.39, 0.29) is 12.5 Å². The molecule has 1 aliphatic rings. The number of para-hydroxylation sites is 1. The number of carbonyl (C=O) groups is 1. The molecular formula is C18H18N2O2. The van der Waals surface area contributed by atoms with Crippen LogP contribution >= 0.6 is 0 Å². The summed E-state index contributed by atoms with van der Waals surface area (Å²) in [7, 11) is 1.93. The van der Waals surface area contributed by atoms with E-state index in [0.717, 1.165) is 22.5 Å². The molecule has 2 N–H and O–H groups in total. The van der Waals surface area contributed by atoms with Crippen LogP contribution in [0.3, 0.4) is 0 Å². The van der Waals surface area contributed by atoms with Crippen molar-refractivity contribution >= 4 is 28.9 Å². The maximum absolute atomic E-state index is 12.1. The van der Waals surface area contributed by atoms with E-state index in [1.54, 1.807) is 0 Å². The fourth-order valence-electron chi connectivity index (χ4n) is 2.55. The van der Waals surface area contributed by atoms with Crippen molar-refractivity contribution in [3.8, 4) is 0 Å². The Labute approximate surface area is 129 Å². The molecular weight excluding hydrogens is 276 g/mol. The van der Waals surface area contributed by atoms with Crippen LogP contribution in [-0.4, -0.2) is 31.2 Å². The molecule has 0 atom stereocenters. The van der Waals surface area contributed by atoms with Gasteiger partial charge in [-0.05, 0) is 29.8 Å². The molecule has 0 radical (unpaired) electrons. The minimum Gasteiger partial charge on any atom is -0.395 e. The maximum atomic E-state index is 12.1. The molecule has 22 heavy (non-hydrogen) atoms. The summed E-state index contributed by atoms with van der Waals surface area (Å²) < 4.78 is 0. The van der Waals surface area contributed by atoms with Crippen molar-refractivity contribution in [1.29, 1.82) is 0 Å². The molecule has 1 amide bonds. The molecule has 1 heterocycles. The van der Waals surface area contributed by atoms with Gasteiger partial charge in [0.15, 0.2) is 0 Å². The Hall–Kier alpha value is -2.59. The lowest BCUT2D eigenvalue weighted by molar-refractivity contribution is -0.110. The number of amides is 1. The number of benzene rings is 2. The molecule has 2 aromatic carbocycles. The first-order valence-corrected chi connectivity index (χ1v) is 7.23. The summed E-state index contributed by atoms with van der Waals surface area (Å²) >= 11 is 0. The smallest absolute Gasteiger partial charge is 0.256 e. The molecule has 4 nitrogen and oxygen atoms in total. The van der Waals surface area contributed by atoms with Crippen molar-refractivity contribution < 1.29 is 9.90 Å². The van der Waals surface area contributed by atoms with Gasteiger partial charge in [-0.3, -0.25) is 4.79 Å². The van der Waals surface area contributed by atoms with Gasteiger partial charge in [0.1, 0.15) is 0 Å². The normalized spacial score (nSPS) is 14.8. The lowest BCUT2D eigenvalue weighted by atomic mass is 10.0. The number of rotatable bonds is 4. The van der Waals surface area contributed by atoms with Crippen LogP contribution in [0.25, 0.3) is 11.6 Å². The fraction of sp³-hybridized carbons (Fsp3) is 0.167. The first kappa shape index (κ1) is 14.4. The third kappa shape index (κ3) is 2.73. The number of fused-ring (bicyclic) bond motifs is 1. The number of aliphatic hydroxyl groups is 1. The van der Waals surface area contributed by atoms with Gasteiger partial charge in [0.2, 0.25) is 0 Å². The van der Waals surface area contributed by atoms with Crippen LogP contribution in [0.2, 0.25) is 0 Å². The number of hydrogen-bond acceptors (Lipinski definition) is 3. The summed E-state index contributed by atoms with van der Waals surface area (Å²) in [5.74, 6) is -0.0670. The van der Waals surface area contributed by atoms with Crippen molar-refractivity contribution in [3.63, 3.8) is 0 Å². The molecule has 0 saturated carbocycles. The molecule has 0 spiro atoms. The van der Waals surface area contributed by atoms with Crippen LogP contribution in [-0.2, 0) is 4.79 Å². The fourth-order valence-corrected chi connectivity index (χ4v) is 2.55. The van der Waals surface area contributed by atoms with Crippen LogP contribution in [0.4, 0.5) is 11.4 Å². The van der Waals surface area contributed by atoms with E-state index in [4.69, 9.17) is 5.11 Å². The van der Waals surface area contributed by atoms with Crippen molar-refractivity contribution in [2.75, 3.05) is 30.4 Å². The molecule has 112 valence electrons. The van der Waals surface area contributed by atoms with Gasteiger partial charge in [-0.15, -0.1) is 0 Å². The average molecular weight is 294 g/mol. The van der Waals surface area contributed by atoms with Crippen LogP contribution in [0, 0.1) is 0 Å². The van der Waals surface area contributed by atoms with Crippen LogP contribution in [0.5, 0.6) is 0 Å². The summed E-state index contributed by atoms with van der Waals surface area (Å²) in [6, 6.07) is 15.6. The quantitative estimate of drug-likeness (QED) is 0.852. The van der Waals surface area contributed by atoms with E-state index in [9.17, 15) is 4.79 Å². The van der Waals surface area contributed by atoms with Crippen LogP contribution in [0.1, 0.15) is 11.1 Å². The topological polar surface area (TPSA) is 52.6 Å². The van der Waals surface area contributed by atoms with E-state index >= 15 is 0 Å². The summed E-state index contributed by atoms with van der Waals surface area (Å²) in [4.78, 5) is 14.1. The number of nitrogens with one attached hydrogen (secondary N) is 1. The summed E-state index contributed by atoms with van der Waals surface area (Å²) in [6.07, 6.45) is 1.90. The van der Waals surface area contributed by atoms with Crippen LogP contribution in [0.15, 0.2) is 48.5 Å². The summed E-state index contributed by atoms with van der Waals surface area (Å²) in [5.41, 5.74) is 4.49. The van der Waals surface area contributed by atoms with E-state index in [0.29, 0.717) is 12.1 Å². The molecule has 2 aromatic rings. The molecule has 0 aromatic heterocycles. The second kappa shape index (κ2) is 6.03. The molecule has 3 rings (SSSR count). The van der Waals surface area contributed by atoms with Crippen molar-refractivity contribution in [2.45, 2.75) is 0 Å². The van der Waals surface area contributed by atoms with Gasteiger partial charge in [-0.2, -0.15) is 0 Å². The van der Waals surface area contributed by atoms with E-state index < -0.39 is 0 Å². The van der Waals surface area contributed by atoms with E-state index in [2.05, 4.69) is 5.32 Å². The second-order valence-corrected chi connectivity index (χ2v) is 5.29. The largest absolute Gasteiger partial charge is 0.395 e. The standard InChI is InChI=1S/C18H18N2O2/c1-20(10-11-21)14-8-6-13(7-9-14)12-16-15-4-2-3-5-17(15)19-18(16)22/h2-9,12,21H,10-11H2,1H3,(H,19,22)/b16-12-. The number of nitrogens with zero attached hydrogens (tertiary/aromatic N) is 1. The van der Waals surface area contributed by atoms with Gasteiger partial charge >= 0.3 is 0 Å². The highest BCUT2D eigenvalue weighted by molar-refractivity contribution is 6.34. The predicted octanol–water partition coefficient (Wildman–Crippen LogP) is 2.61. The van der Waals surface area contributed by atoms with Gasteiger partial charge in [0.25, 0.3) is 5.91 Å². The minimum absolute atomic E-state index is 0.0670. The Kier molecular flexibility index (Phi) is 3.94. The lowest BCUT2D eigenvalue weighted by Gasteiger charge is -2.17. The lowest BCUT2D eigenvalue weighted by Crippen LogP contribution is -2.20. The van der Waals surface area contributed by atoms with E-state index in [1.807, 2.05) is 66.6 Å². The first-order chi connectivity index (χ1) is 10.7. The highest BCUT2D eigenvalue weighted by atomic mass is 16.3. The molecule has 0 fully saturated rings. The second-order valence-electron chi connectivity index (χ2n) is 5.29. The molecule has 0 bridgehead atoms. The van der Waals surface area contributed by atoms with Gasteiger partial charge in [-0.1, -0.05) is 30.3 Å². The molecule has 0 saturated heterocycles. The van der Waals surface area contributed by atoms with Gasteiger partial charge in [0.05, 0.1) is 6.61 Å². The Bertz CT molecular complexity index is 720. The summed E-state index contributed by atoms with van der Waals surface area (Å²) in [5, 5.41) is 11.8. The highest BCUT2D eigenvalue weighted by Crippen LogP contribution is 2.32. The molecule has 4 heteroatoms. The third-order valence-corrected chi connectivity index (χ3v) is 3.79. The number of aliphatic hydroxyl groups excluding tert-OH is 1. The van der Waals surface area contributed by atoms with Crippen molar-refractivity contribution in [1.82, 2.24) is 0 Å². The van der Waals surface area contributed by atoms with Crippen molar-refractivity contribution in [3.05, 3.63) is 59.7 Å². The monoisotopic (exact) mass is 294 g/mol. The van der Waals surface area contributed by atoms with Gasteiger partial charge < -0.3 is 15.3 Å². The van der Waals surface area contributed by atoms with Crippen molar-refractivity contribution in [2.24, 2.45) is 0 Å². The Morgan fingerprint density at radius 3 is 2.59 bits per heavy atom. The molecule has 0 aliphatic carbocycles. The minimum atomic E-state index is -0.0670. The van der Waals surface area contributed by atoms with Crippen LogP contribution < -0.4 is 10.2 Å². The van der Waals surface area contributed by atoms with E-state index in [1.165, 1.54) is 0 Å². The average Bonchev–Trinajstić information content (AvgIpc) is 2.84. The third-order valence-electron chi connectivity index (χ3n) is 3.79. The molecule has 1 aliphatic heterocycles. The predicted molar refractivity (Wildman–Crippen MR) is 89.7 cm³/mol. The Morgan fingerprint density at radius 1 is 1.14 bits per heavy atom. The zero-order valence-corrected chi connectivity index (χ0v) is 12.4. The number of hydrogen-bond donors (Lipinski definition) is 2. The zero-order valence-electron chi connectivity index (χ0n) is 12.4. The Balaban J connectivity index is 1.88. The number of anilines is 2. The molecule has 0 unspecified atom stereocenters. The van der Waals surface area contributed by atoms with Gasteiger partial charge in [0, 0.05) is 36.1 Å². The highest BCUT2D eigenvalue weighted by Gasteiger charge is 2.23. The van der Waals surface area contributed by atoms with Gasteiger partial charge in [-0.25, -0.2) is 0 Å². The first-order valence-electron chi connectivity index (χ1n) is 7.23. The SMILES string of the molecule is CN(CCO)c1ccc(/C=C2\C(=O)Nc3ccccc32)cc1. The zero-order chi connectivity index (χ0) is 15.5. The number of carbonyl (C=O) groups excluding carboxylic acids is 1.